The predicted octanol–water partition coefficient (Wildman–Crippen LogP) is 8.65. The molecule has 10 rings (SSSR count). The average molecular weight is 1190 g/mol. The zero-order valence-electron chi connectivity index (χ0n) is 46.4. The van der Waals surface area contributed by atoms with E-state index in [1.54, 1.807) is 93.4 Å². The van der Waals surface area contributed by atoms with Crippen molar-refractivity contribution in [3.63, 3.8) is 0 Å². The van der Waals surface area contributed by atoms with E-state index in [0.717, 1.165) is 5.69 Å². The molecular formula is C54H61F6N15O6S2. The highest BCUT2D eigenvalue weighted by atomic mass is 32.2. The Morgan fingerprint density at radius 2 is 1.02 bits per heavy atom. The number of para-hydroxylation sites is 2. The molecule has 6 aromatic heterocycles. The highest BCUT2D eigenvalue weighted by Crippen LogP contribution is 2.39. The molecule has 21 nitrogen and oxygen atoms in total. The fourth-order valence-corrected chi connectivity index (χ4v) is 12.6. The molecule has 2 aromatic carbocycles. The summed E-state index contributed by atoms with van der Waals surface area (Å²) in [6.07, 6.45) is -4.66. The van der Waals surface area contributed by atoms with E-state index in [0.29, 0.717) is 96.4 Å². The molecule has 0 saturated carbocycles. The summed E-state index contributed by atoms with van der Waals surface area (Å²) >= 11 is 0. The van der Waals surface area contributed by atoms with E-state index in [1.807, 2.05) is 6.92 Å². The number of alkyl halides is 6. The van der Waals surface area contributed by atoms with Gasteiger partial charge in [0.2, 0.25) is 20.0 Å². The van der Waals surface area contributed by atoms with E-state index >= 15 is 0 Å². The van der Waals surface area contributed by atoms with Crippen LogP contribution in [-0.4, -0.2) is 129 Å². The van der Waals surface area contributed by atoms with Gasteiger partial charge >= 0.3 is 12.4 Å². The lowest BCUT2D eigenvalue weighted by atomic mass is 9.98. The van der Waals surface area contributed by atoms with E-state index in [4.69, 9.17) is 0 Å². The van der Waals surface area contributed by atoms with Gasteiger partial charge in [-0.05, 0) is 96.4 Å². The smallest absolute Gasteiger partial charge is 0.319 e. The van der Waals surface area contributed by atoms with Gasteiger partial charge < -0.3 is 10.6 Å². The first-order chi connectivity index (χ1) is 39.2. The SMILES string of the molecule is CCS(=O)(=O)N1CCC(Cn2nc(C(F)(F)F)c(NC(=O)c3cc(-c4cnn(C)c4C)nc4ccccc34)c2C)CC1.CCS(=O)(=O)N1CCC(Cn2nc(C(F)(F)F)c(NC(=O)c3cc(-c4ncnn4C)nc4ccccc34)c2C)CC1. The third-order valence-corrected chi connectivity index (χ3v) is 19.1. The van der Waals surface area contributed by atoms with Crippen molar-refractivity contribution in [2.45, 2.75) is 85.7 Å². The van der Waals surface area contributed by atoms with Crippen LogP contribution >= 0.6 is 0 Å². The van der Waals surface area contributed by atoms with Gasteiger partial charge in [0.05, 0.1) is 68.3 Å². The van der Waals surface area contributed by atoms with Crippen LogP contribution in [0.4, 0.5) is 37.7 Å². The summed E-state index contributed by atoms with van der Waals surface area (Å²) in [5.41, 5.74) is 0.743. The van der Waals surface area contributed by atoms with E-state index in [2.05, 4.69) is 46.0 Å². The summed E-state index contributed by atoms with van der Waals surface area (Å²) in [4.78, 5) is 40.6. The molecule has 8 heterocycles. The molecule has 2 fully saturated rings. The minimum atomic E-state index is -4.82. The number of benzene rings is 2. The van der Waals surface area contributed by atoms with Crippen molar-refractivity contribution in [2.24, 2.45) is 25.9 Å². The van der Waals surface area contributed by atoms with Gasteiger partial charge in [-0.15, -0.1) is 0 Å². The van der Waals surface area contributed by atoms with Crippen LogP contribution in [0.15, 0.2) is 73.2 Å². The number of piperidine rings is 2. The van der Waals surface area contributed by atoms with Gasteiger partial charge in [-0.2, -0.15) is 46.7 Å². The van der Waals surface area contributed by atoms with Crippen LogP contribution in [0, 0.1) is 32.6 Å². The molecule has 2 amide bonds. The third-order valence-electron chi connectivity index (χ3n) is 15.3. The maximum atomic E-state index is 14.2. The normalized spacial score (nSPS) is 15.4. The maximum Gasteiger partial charge on any atom is 0.437 e. The van der Waals surface area contributed by atoms with Gasteiger partial charge in [0.1, 0.15) is 12.0 Å². The standard InChI is InChI=1S/C28H32F3N7O3S.C26H29F3N8O3S/c1-5-42(40,41)37-12-10-19(11-13-37)16-38-18(3)25(26(35-38)28(29,30)31)34-27(39)21-14-24(22-15-32-36(4)17(22)2)33-23-9-7-6-8-20(21)23;1-4-41(39,40)36-11-9-17(10-12-36)14-37-16(2)22(23(34-37)26(27,28)29)33-25(38)19-13-21(24-30-15-31-35(24)3)32-20-8-6-5-7-18(19)20/h6-9,14-15,19H,5,10-13,16H2,1-4H3,(H,34,39);5-8,13,15,17H,4,9-12,14H2,1-3H3,(H,33,38). The van der Waals surface area contributed by atoms with Crippen LogP contribution < -0.4 is 10.6 Å². The van der Waals surface area contributed by atoms with Crippen molar-refractivity contribution >= 4 is 65.0 Å². The number of carbonyl (C=O) groups is 2. The van der Waals surface area contributed by atoms with Crippen LogP contribution in [0.1, 0.15) is 88.7 Å². The Labute approximate surface area is 474 Å². The quantitative estimate of drug-likeness (QED) is 0.0970. The zero-order chi connectivity index (χ0) is 59.9. The monoisotopic (exact) mass is 1190 g/mol. The summed E-state index contributed by atoms with van der Waals surface area (Å²) in [6.45, 7) is 9.56. The second kappa shape index (κ2) is 23.6. The number of hydrogen-bond acceptors (Lipinski definition) is 13. The number of nitrogens with zero attached hydrogens (tertiary/aromatic N) is 13. The van der Waals surface area contributed by atoms with Crippen molar-refractivity contribution in [3.05, 3.63) is 113 Å². The fraction of sp³-hybridized carbons (Fsp3) is 0.426. The lowest BCUT2D eigenvalue weighted by Gasteiger charge is -2.31. The lowest BCUT2D eigenvalue weighted by Crippen LogP contribution is -2.40. The highest BCUT2D eigenvalue weighted by molar-refractivity contribution is 7.89. The number of anilines is 2. The number of hydrogen-bond donors (Lipinski definition) is 2. The van der Waals surface area contributed by atoms with Gasteiger partial charge in [-0.25, -0.2) is 45.1 Å². The molecule has 2 N–H and O–H groups in total. The number of amides is 2. The van der Waals surface area contributed by atoms with Crippen LogP contribution in [0.5, 0.6) is 0 Å². The predicted molar refractivity (Wildman–Crippen MR) is 298 cm³/mol. The Morgan fingerprint density at radius 3 is 1.41 bits per heavy atom. The van der Waals surface area contributed by atoms with Gasteiger partial charge in [0.25, 0.3) is 11.8 Å². The van der Waals surface area contributed by atoms with Crippen LogP contribution in [0.3, 0.4) is 0 Å². The molecule has 29 heteroatoms. The molecule has 83 heavy (non-hydrogen) atoms. The largest absolute Gasteiger partial charge is 0.437 e. The van der Waals surface area contributed by atoms with E-state index in [1.165, 1.54) is 48.9 Å². The first kappa shape index (κ1) is 60.0. The Balaban J connectivity index is 0.000000200. The summed E-state index contributed by atoms with van der Waals surface area (Å²) in [6, 6.07) is 16.8. The van der Waals surface area contributed by atoms with Gasteiger partial charge in [-0.1, -0.05) is 36.4 Å². The second-order valence-electron chi connectivity index (χ2n) is 20.5. The minimum absolute atomic E-state index is 0.000772. The maximum absolute atomic E-state index is 14.2. The number of sulfonamides is 2. The van der Waals surface area contributed by atoms with Crippen molar-refractivity contribution in [1.29, 1.82) is 0 Å². The van der Waals surface area contributed by atoms with E-state index in [9.17, 15) is 52.8 Å². The molecule has 0 unspecified atom stereocenters. The minimum Gasteiger partial charge on any atom is -0.319 e. The summed E-state index contributed by atoms with van der Waals surface area (Å²) < 4.78 is 142. The number of rotatable bonds is 14. The van der Waals surface area contributed by atoms with Gasteiger partial charge in [0.15, 0.2) is 17.2 Å². The third kappa shape index (κ3) is 12.7. The molecule has 2 saturated heterocycles. The second-order valence-corrected chi connectivity index (χ2v) is 25.0. The van der Waals surface area contributed by atoms with Gasteiger partial charge in [0, 0.05) is 75.4 Å². The summed E-state index contributed by atoms with van der Waals surface area (Å²) in [5, 5.41) is 21.9. The molecular weight excluding hydrogens is 1130 g/mol. The van der Waals surface area contributed by atoms with Gasteiger partial charge in [-0.3, -0.25) is 23.6 Å². The zero-order valence-corrected chi connectivity index (χ0v) is 48.0. The Hall–Kier alpha value is -7.63. The van der Waals surface area contributed by atoms with Crippen LogP contribution in [-0.2, 0) is 59.6 Å². The first-order valence-electron chi connectivity index (χ1n) is 26.7. The van der Waals surface area contributed by atoms with Crippen molar-refractivity contribution in [3.8, 4) is 22.8 Å². The topological polar surface area (TPSA) is 243 Å². The highest BCUT2D eigenvalue weighted by Gasteiger charge is 2.42. The number of nitrogens with one attached hydrogen (secondary N) is 2. The Morgan fingerprint density at radius 1 is 0.602 bits per heavy atom. The van der Waals surface area contributed by atoms with Crippen LogP contribution in [0.25, 0.3) is 44.6 Å². The Bertz CT molecular complexity index is 3970. The number of carbonyl (C=O) groups excluding carboxylic acids is 2. The summed E-state index contributed by atoms with van der Waals surface area (Å²) in [5.74, 6) is -1.21. The fourth-order valence-electron chi connectivity index (χ4n) is 10.4. The number of aryl methyl sites for hydroxylation is 2. The van der Waals surface area contributed by atoms with Crippen molar-refractivity contribution < 1.29 is 52.8 Å². The molecule has 8 aromatic rings. The Kier molecular flexibility index (Phi) is 17.0. The lowest BCUT2D eigenvalue weighted by molar-refractivity contribution is -0.141. The molecule has 0 atom stereocenters. The number of pyridine rings is 2. The molecule has 0 spiro atoms. The number of aromatic nitrogens is 11. The molecule has 0 bridgehead atoms. The first-order valence-corrected chi connectivity index (χ1v) is 29.9. The number of fused-ring (bicyclic) bond motifs is 2. The van der Waals surface area contributed by atoms with Crippen LogP contribution in [0.2, 0.25) is 0 Å². The van der Waals surface area contributed by atoms with E-state index in [-0.39, 0.29) is 58.9 Å². The molecule has 2 aliphatic heterocycles. The molecule has 2 aliphatic rings. The molecule has 442 valence electrons. The number of halogens is 6. The van der Waals surface area contributed by atoms with E-state index < -0.39 is 67.0 Å². The van der Waals surface area contributed by atoms with Crippen molar-refractivity contribution in [1.82, 2.24) is 62.7 Å². The summed E-state index contributed by atoms with van der Waals surface area (Å²) in [7, 11) is -3.20. The van der Waals surface area contributed by atoms with Crippen molar-refractivity contribution in [2.75, 3.05) is 48.3 Å². The average Bonchev–Trinajstić information content (AvgIpc) is 4.32. The molecule has 0 aliphatic carbocycles. The molecule has 0 radical (unpaired) electrons.